The predicted octanol–water partition coefficient (Wildman–Crippen LogP) is 4.31. The molecule has 0 bridgehead atoms. The molecule has 1 aromatic heterocycles. The fourth-order valence-electron chi connectivity index (χ4n) is 5.42. The van der Waals surface area contributed by atoms with E-state index in [1.807, 2.05) is 12.3 Å². The molecule has 0 spiro atoms. The van der Waals surface area contributed by atoms with Gasteiger partial charge >= 0.3 is 0 Å². The highest BCUT2D eigenvalue weighted by atomic mass is 16.5. The van der Waals surface area contributed by atoms with Crippen LogP contribution in [0.3, 0.4) is 0 Å². The predicted molar refractivity (Wildman–Crippen MR) is 129 cm³/mol. The smallest absolute Gasteiger partial charge is 0.233 e. The first kappa shape index (κ1) is 22.1. The Balaban J connectivity index is 1.41. The van der Waals surface area contributed by atoms with E-state index in [2.05, 4.69) is 65.3 Å². The Morgan fingerprint density at radius 3 is 2.73 bits per heavy atom. The summed E-state index contributed by atoms with van der Waals surface area (Å²) in [7, 11) is 0. The van der Waals surface area contributed by atoms with E-state index in [-0.39, 0.29) is 11.8 Å². The highest BCUT2D eigenvalue weighted by Crippen LogP contribution is 2.38. The van der Waals surface area contributed by atoms with Crippen LogP contribution >= 0.6 is 0 Å². The van der Waals surface area contributed by atoms with Gasteiger partial charge in [-0.05, 0) is 43.4 Å². The third-order valence-corrected chi connectivity index (χ3v) is 7.18. The van der Waals surface area contributed by atoms with E-state index in [9.17, 15) is 4.79 Å². The largest absolute Gasteiger partial charge is 0.381 e. The molecular formula is C28H32N2O3. The lowest BCUT2D eigenvalue weighted by Crippen LogP contribution is -2.51. The molecule has 0 saturated carbocycles. The van der Waals surface area contributed by atoms with Crippen LogP contribution in [0.5, 0.6) is 0 Å². The standard InChI is InChI=1S/C28H32N2O3/c1-21-5-2-9-25(17-21)28(10-14-32-15-11-28)27(31)30-13-16-33-20-22(19-30)18-24-7-3-6-23-8-4-12-29-26(23)24/h2-9,12,17,22H,10-11,13-16,18-20H2,1H3/t22-/m1/s1. The molecule has 0 aliphatic carbocycles. The van der Waals surface area contributed by atoms with E-state index >= 15 is 0 Å². The monoisotopic (exact) mass is 444 g/mol. The minimum atomic E-state index is -0.514. The number of carbonyl (C=O) groups excluding carboxylic acids is 1. The Bertz CT molecular complexity index is 1120. The maximum absolute atomic E-state index is 14.2. The van der Waals surface area contributed by atoms with Crippen molar-refractivity contribution in [3.8, 4) is 0 Å². The van der Waals surface area contributed by atoms with E-state index in [1.54, 1.807) is 0 Å². The van der Waals surface area contributed by atoms with Crippen LogP contribution in [0.25, 0.3) is 10.9 Å². The van der Waals surface area contributed by atoms with Gasteiger partial charge in [-0.25, -0.2) is 0 Å². The van der Waals surface area contributed by atoms with Gasteiger partial charge in [0.15, 0.2) is 0 Å². The van der Waals surface area contributed by atoms with Crippen molar-refractivity contribution in [3.05, 3.63) is 77.5 Å². The first-order chi connectivity index (χ1) is 16.2. The van der Waals surface area contributed by atoms with Crippen molar-refractivity contribution < 1.29 is 14.3 Å². The molecule has 0 unspecified atom stereocenters. The van der Waals surface area contributed by atoms with Gasteiger partial charge in [-0.2, -0.15) is 0 Å². The van der Waals surface area contributed by atoms with Crippen LogP contribution in [0.2, 0.25) is 0 Å². The molecule has 2 aromatic carbocycles. The number of aryl methyl sites for hydroxylation is 1. The van der Waals surface area contributed by atoms with E-state index in [1.165, 1.54) is 11.1 Å². The Morgan fingerprint density at radius 1 is 1.06 bits per heavy atom. The van der Waals surface area contributed by atoms with Crippen LogP contribution in [-0.4, -0.2) is 55.3 Å². The van der Waals surface area contributed by atoms with Gasteiger partial charge in [0.05, 0.1) is 24.1 Å². The highest BCUT2D eigenvalue weighted by Gasteiger charge is 2.44. The van der Waals surface area contributed by atoms with Gasteiger partial charge in [-0.1, -0.05) is 54.1 Å². The third-order valence-electron chi connectivity index (χ3n) is 7.18. The molecule has 2 aliphatic heterocycles. The molecule has 172 valence electrons. The Labute approximate surface area is 195 Å². The number of pyridine rings is 1. The van der Waals surface area contributed by atoms with Crippen LogP contribution in [0, 0.1) is 12.8 Å². The van der Waals surface area contributed by atoms with Gasteiger partial charge < -0.3 is 14.4 Å². The highest BCUT2D eigenvalue weighted by molar-refractivity contribution is 5.88. The second-order valence-electron chi connectivity index (χ2n) is 9.45. The summed E-state index contributed by atoms with van der Waals surface area (Å²) in [6.45, 7) is 5.91. The summed E-state index contributed by atoms with van der Waals surface area (Å²) >= 11 is 0. The summed E-state index contributed by atoms with van der Waals surface area (Å²) in [6.07, 6.45) is 4.15. The van der Waals surface area contributed by atoms with Crippen LogP contribution in [0.1, 0.15) is 29.5 Å². The number of para-hydroxylation sites is 1. The van der Waals surface area contributed by atoms with E-state index in [0.29, 0.717) is 39.5 Å². The van der Waals surface area contributed by atoms with Crippen molar-refractivity contribution in [2.45, 2.75) is 31.6 Å². The lowest BCUT2D eigenvalue weighted by molar-refractivity contribution is -0.141. The topological polar surface area (TPSA) is 51.7 Å². The zero-order chi connectivity index (χ0) is 22.7. The maximum atomic E-state index is 14.2. The summed E-state index contributed by atoms with van der Waals surface area (Å²) in [4.78, 5) is 20.8. The molecule has 2 saturated heterocycles. The fraction of sp³-hybridized carbons (Fsp3) is 0.429. The molecule has 33 heavy (non-hydrogen) atoms. The molecule has 1 amide bonds. The molecule has 5 heteroatoms. The molecule has 5 rings (SSSR count). The summed E-state index contributed by atoms with van der Waals surface area (Å²) in [5, 5.41) is 1.15. The van der Waals surface area contributed by atoms with Crippen LogP contribution in [0.15, 0.2) is 60.8 Å². The summed E-state index contributed by atoms with van der Waals surface area (Å²) in [5.41, 5.74) is 4.06. The van der Waals surface area contributed by atoms with Crippen LogP contribution in [-0.2, 0) is 26.1 Å². The van der Waals surface area contributed by atoms with Crippen molar-refractivity contribution in [2.24, 2.45) is 5.92 Å². The van der Waals surface area contributed by atoms with Crippen molar-refractivity contribution >= 4 is 16.8 Å². The number of carbonyl (C=O) groups is 1. The second-order valence-corrected chi connectivity index (χ2v) is 9.45. The Hall–Kier alpha value is -2.76. The third kappa shape index (κ3) is 4.53. The van der Waals surface area contributed by atoms with E-state index < -0.39 is 5.41 Å². The average Bonchev–Trinajstić information content (AvgIpc) is 3.10. The molecule has 3 heterocycles. The number of amides is 1. The number of fused-ring (bicyclic) bond motifs is 1. The van der Waals surface area contributed by atoms with Gasteiger partial charge in [0, 0.05) is 43.8 Å². The van der Waals surface area contributed by atoms with Crippen molar-refractivity contribution in [2.75, 3.05) is 39.5 Å². The lowest BCUT2D eigenvalue weighted by Gasteiger charge is -2.40. The molecule has 3 aromatic rings. The SMILES string of the molecule is Cc1cccc(C2(C(=O)N3CCOC[C@H](Cc4cccc5cccnc45)C3)CCOCC2)c1. The van der Waals surface area contributed by atoms with Crippen molar-refractivity contribution in [1.29, 1.82) is 0 Å². The Morgan fingerprint density at radius 2 is 1.88 bits per heavy atom. The molecule has 1 atom stereocenters. The zero-order valence-electron chi connectivity index (χ0n) is 19.3. The second kappa shape index (κ2) is 9.62. The summed E-state index contributed by atoms with van der Waals surface area (Å²) < 4.78 is 11.7. The number of ether oxygens (including phenoxy) is 2. The maximum Gasteiger partial charge on any atom is 0.233 e. The van der Waals surface area contributed by atoms with Crippen LogP contribution in [0.4, 0.5) is 0 Å². The first-order valence-corrected chi connectivity index (χ1v) is 12.0. The molecule has 2 aliphatic rings. The number of rotatable bonds is 4. The Kier molecular flexibility index (Phi) is 6.43. The van der Waals surface area contributed by atoms with E-state index in [0.717, 1.165) is 35.7 Å². The minimum absolute atomic E-state index is 0.225. The first-order valence-electron chi connectivity index (χ1n) is 12.0. The summed E-state index contributed by atoms with van der Waals surface area (Å²) in [5.74, 6) is 0.460. The van der Waals surface area contributed by atoms with Gasteiger partial charge in [0.1, 0.15) is 0 Å². The zero-order valence-corrected chi connectivity index (χ0v) is 19.3. The normalized spacial score (nSPS) is 21.0. The number of hydrogen-bond donors (Lipinski definition) is 0. The van der Waals surface area contributed by atoms with Crippen molar-refractivity contribution in [1.82, 2.24) is 9.88 Å². The molecule has 2 fully saturated rings. The molecule has 0 radical (unpaired) electrons. The van der Waals surface area contributed by atoms with E-state index in [4.69, 9.17) is 9.47 Å². The quantitative estimate of drug-likeness (QED) is 0.602. The lowest BCUT2D eigenvalue weighted by atomic mass is 9.72. The molecule has 0 N–H and O–H groups in total. The van der Waals surface area contributed by atoms with Gasteiger partial charge in [-0.15, -0.1) is 0 Å². The number of benzene rings is 2. The molecule has 5 nitrogen and oxygen atoms in total. The average molecular weight is 445 g/mol. The number of aromatic nitrogens is 1. The number of nitrogens with zero attached hydrogens (tertiary/aromatic N) is 2. The number of hydrogen-bond acceptors (Lipinski definition) is 4. The van der Waals surface area contributed by atoms with Gasteiger partial charge in [0.25, 0.3) is 0 Å². The van der Waals surface area contributed by atoms with Gasteiger partial charge in [0.2, 0.25) is 5.91 Å². The van der Waals surface area contributed by atoms with Gasteiger partial charge in [-0.3, -0.25) is 9.78 Å². The van der Waals surface area contributed by atoms with Crippen LogP contribution < -0.4 is 0 Å². The molecular weight excluding hydrogens is 412 g/mol. The minimum Gasteiger partial charge on any atom is -0.381 e. The fourth-order valence-corrected chi connectivity index (χ4v) is 5.42. The van der Waals surface area contributed by atoms with Crippen molar-refractivity contribution in [3.63, 3.8) is 0 Å². The summed E-state index contributed by atoms with van der Waals surface area (Å²) in [6, 6.07) is 18.9.